The predicted octanol–water partition coefficient (Wildman–Crippen LogP) is 0.984. The molecule has 1 rings (SSSR count). The molecule has 0 fully saturated rings. The molecular formula is C10H12BrNO3. The van der Waals surface area contributed by atoms with Crippen molar-refractivity contribution in [3.63, 3.8) is 0 Å². The summed E-state index contributed by atoms with van der Waals surface area (Å²) in [7, 11) is 0. The van der Waals surface area contributed by atoms with E-state index in [-0.39, 0.29) is 0 Å². The zero-order valence-corrected chi connectivity index (χ0v) is 9.57. The first-order chi connectivity index (χ1) is 7.13. The van der Waals surface area contributed by atoms with Crippen molar-refractivity contribution >= 4 is 21.9 Å². The van der Waals surface area contributed by atoms with Gasteiger partial charge >= 0.3 is 5.97 Å². The number of halogens is 1. The zero-order chi connectivity index (χ0) is 11.3. The molecule has 1 aromatic rings. The van der Waals surface area contributed by atoms with Gasteiger partial charge in [-0.05, 0) is 17.7 Å². The summed E-state index contributed by atoms with van der Waals surface area (Å²) in [6.07, 6.45) is 0. The Morgan fingerprint density at radius 3 is 2.47 bits per heavy atom. The van der Waals surface area contributed by atoms with Crippen molar-refractivity contribution in [3.8, 4) is 0 Å². The molecule has 1 atom stereocenters. The summed E-state index contributed by atoms with van der Waals surface area (Å²) in [5.41, 5.74) is 0.970. The number of aliphatic hydroxyl groups is 1. The van der Waals surface area contributed by atoms with Crippen LogP contribution in [0.2, 0.25) is 0 Å². The molecule has 82 valence electrons. The van der Waals surface area contributed by atoms with Crippen LogP contribution in [-0.2, 0) is 11.3 Å². The maximum atomic E-state index is 10.6. The van der Waals surface area contributed by atoms with E-state index < -0.39 is 18.6 Å². The van der Waals surface area contributed by atoms with Gasteiger partial charge in [-0.15, -0.1) is 0 Å². The van der Waals surface area contributed by atoms with Crippen molar-refractivity contribution in [2.45, 2.75) is 12.6 Å². The van der Waals surface area contributed by atoms with Gasteiger partial charge in [0, 0.05) is 11.0 Å². The van der Waals surface area contributed by atoms with Crippen molar-refractivity contribution in [2.24, 2.45) is 0 Å². The number of hydrogen-bond acceptors (Lipinski definition) is 3. The average molecular weight is 274 g/mol. The van der Waals surface area contributed by atoms with Crippen molar-refractivity contribution < 1.29 is 15.0 Å². The lowest BCUT2D eigenvalue weighted by Gasteiger charge is -2.11. The van der Waals surface area contributed by atoms with Crippen LogP contribution in [0.3, 0.4) is 0 Å². The number of carbonyl (C=O) groups is 1. The maximum Gasteiger partial charge on any atom is 0.323 e. The molecule has 1 unspecified atom stereocenters. The minimum atomic E-state index is -1.05. The Balaban J connectivity index is 2.49. The van der Waals surface area contributed by atoms with E-state index in [1.165, 1.54) is 0 Å². The van der Waals surface area contributed by atoms with Crippen LogP contribution in [-0.4, -0.2) is 28.8 Å². The second-order valence-electron chi connectivity index (χ2n) is 3.08. The molecule has 5 heteroatoms. The fraction of sp³-hybridized carbons (Fsp3) is 0.300. The van der Waals surface area contributed by atoms with E-state index >= 15 is 0 Å². The van der Waals surface area contributed by atoms with Crippen LogP contribution in [0.15, 0.2) is 28.7 Å². The number of benzene rings is 1. The standard InChI is InChI=1S/C10H12BrNO3/c11-8-3-1-7(2-4-8)5-12-9(6-13)10(14)15/h1-4,9,12-13H,5-6H2,(H,14,15). The van der Waals surface area contributed by atoms with Gasteiger partial charge in [-0.25, -0.2) is 0 Å². The van der Waals surface area contributed by atoms with E-state index in [1.54, 1.807) is 0 Å². The highest BCUT2D eigenvalue weighted by atomic mass is 79.9. The van der Waals surface area contributed by atoms with Gasteiger partial charge in [0.05, 0.1) is 6.61 Å². The molecule has 0 aliphatic rings. The van der Waals surface area contributed by atoms with Crippen LogP contribution >= 0.6 is 15.9 Å². The quantitative estimate of drug-likeness (QED) is 0.748. The van der Waals surface area contributed by atoms with Crippen LogP contribution in [0.5, 0.6) is 0 Å². The number of aliphatic carboxylic acids is 1. The predicted molar refractivity (Wildman–Crippen MR) is 59.5 cm³/mol. The van der Waals surface area contributed by atoms with E-state index in [0.29, 0.717) is 6.54 Å². The third kappa shape index (κ3) is 3.99. The van der Waals surface area contributed by atoms with E-state index in [9.17, 15) is 4.79 Å². The summed E-state index contributed by atoms with van der Waals surface area (Å²) in [6, 6.07) is 6.62. The Labute approximate surface area is 96.1 Å². The first-order valence-electron chi connectivity index (χ1n) is 4.45. The molecule has 1 aromatic carbocycles. The highest BCUT2D eigenvalue weighted by Crippen LogP contribution is 2.10. The molecule has 0 amide bonds. The van der Waals surface area contributed by atoms with Crippen molar-refractivity contribution in [2.75, 3.05) is 6.61 Å². The molecule has 0 aliphatic carbocycles. The fourth-order valence-electron chi connectivity index (χ4n) is 1.07. The molecular weight excluding hydrogens is 262 g/mol. The Hall–Kier alpha value is -0.910. The number of nitrogens with one attached hydrogen (secondary N) is 1. The van der Waals surface area contributed by atoms with Gasteiger partial charge < -0.3 is 10.2 Å². The van der Waals surface area contributed by atoms with Gasteiger partial charge in [-0.3, -0.25) is 10.1 Å². The first-order valence-corrected chi connectivity index (χ1v) is 5.24. The SMILES string of the molecule is O=C(O)C(CO)NCc1ccc(Br)cc1. The second-order valence-corrected chi connectivity index (χ2v) is 4.00. The van der Waals surface area contributed by atoms with Gasteiger partial charge in [0.15, 0.2) is 0 Å². The molecule has 0 spiro atoms. The molecule has 0 aliphatic heterocycles. The van der Waals surface area contributed by atoms with Crippen LogP contribution in [0.1, 0.15) is 5.56 Å². The van der Waals surface area contributed by atoms with Crippen LogP contribution in [0.25, 0.3) is 0 Å². The summed E-state index contributed by atoms with van der Waals surface area (Å²) in [4.78, 5) is 10.6. The number of carboxylic acids is 1. The Bertz CT molecular complexity index is 326. The minimum absolute atomic E-state index is 0.411. The normalized spacial score (nSPS) is 12.4. The topological polar surface area (TPSA) is 69.6 Å². The van der Waals surface area contributed by atoms with E-state index in [2.05, 4.69) is 21.2 Å². The van der Waals surface area contributed by atoms with Crippen molar-refractivity contribution in [1.29, 1.82) is 0 Å². The first kappa shape index (κ1) is 12.2. The second kappa shape index (κ2) is 5.85. The number of aliphatic hydroxyl groups excluding tert-OH is 1. The minimum Gasteiger partial charge on any atom is -0.480 e. The third-order valence-electron chi connectivity index (χ3n) is 1.95. The highest BCUT2D eigenvalue weighted by Gasteiger charge is 2.14. The molecule has 0 radical (unpaired) electrons. The van der Waals surface area contributed by atoms with Gasteiger partial charge in [0.25, 0.3) is 0 Å². The molecule has 0 aromatic heterocycles. The summed E-state index contributed by atoms with van der Waals surface area (Å²) >= 11 is 3.31. The molecule has 0 heterocycles. The Morgan fingerprint density at radius 1 is 1.40 bits per heavy atom. The van der Waals surface area contributed by atoms with Gasteiger partial charge in [0.1, 0.15) is 6.04 Å². The molecule has 0 saturated carbocycles. The number of hydrogen-bond donors (Lipinski definition) is 3. The molecule has 3 N–H and O–H groups in total. The summed E-state index contributed by atoms with van der Waals surface area (Å²) in [6.45, 7) is 0.0106. The lowest BCUT2D eigenvalue weighted by molar-refractivity contribution is -0.140. The van der Waals surface area contributed by atoms with Crippen molar-refractivity contribution in [1.82, 2.24) is 5.32 Å². The molecule has 0 bridgehead atoms. The maximum absolute atomic E-state index is 10.6. The van der Waals surface area contributed by atoms with Gasteiger partial charge in [-0.2, -0.15) is 0 Å². The zero-order valence-electron chi connectivity index (χ0n) is 7.98. The smallest absolute Gasteiger partial charge is 0.323 e. The summed E-state index contributed by atoms with van der Waals surface area (Å²) < 4.78 is 0.975. The third-order valence-corrected chi connectivity index (χ3v) is 2.48. The number of carboxylic acid groups (broad SMARTS) is 1. The molecule has 15 heavy (non-hydrogen) atoms. The molecule has 0 saturated heterocycles. The Morgan fingerprint density at radius 2 is 2.00 bits per heavy atom. The van der Waals surface area contributed by atoms with Crippen LogP contribution < -0.4 is 5.32 Å². The summed E-state index contributed by atoms with van der Waals surface area (Å²) in [5.74, 6) is -1.05. The van der Waals surface area contributed by atoms with E-state index in [4.69, 9.17) is 10.2 Å². The lowest BCUT2D eigenvalue weighted by atomic mass is 10.2. The van der Waals surface area contributed by atoms with Crippen LogP contribution in [0, 0.1) is 0 Å². The average Bonchev–Trinajstić information content (AvgIpc) is 2.21. The Kier molecular flexibility index (Phi) is 4.74. The monoisotopic (exact) mass is 273 g/mol. The van der Waals surface area contributed by atoms with Crippen LogP contribution in [0.4, 0.5) is 0 Å². The van der Waals surface area contributed by atoms with Gasteiger partial charge in [0.2, 0.25) is 0 Å². The number of rotatable bonds is 5. The fourth-order valence-corrected chi connectivity index (χ4v) is 1.34. The largest absolute Gasteiger partial charge is 0.480 e. The lowest BCUT2D eigenvalue weighted by Crippen LogP contribution is -2.39. The summed E-state index contributed by atoms with van der Waals surface area (Å²) in [5, 5.41) is 20.2. The van der Waals surface area contributed by atoms with Crippen molar-refractivity contribution in [3.05, 3.63) is 34.3 Å². The van der Waals surface area contributed by atoms with E-state index in [1.807, 2.05) is 24.3 Å². The van der Waals surface area contributed by atoms with E-state index in [0.717, 1.165) is 10.0 Å². The molecule has 4 nitrogen and oxygen atoms in total. The van der Waals surface area contributed by atoms with Gasteiger partial charge in [-0.1, -0.05) is 28.1 Å². The highest BCUT2D eigenvalue weighted by molar-refractivity contribution is 9.10.